The van der Waals surface area contributed by atoms with Crippen LogP contribution in [-0.2, 0) is 14.4 Å². The Hall–Kier alpha value is -1.24. The van der Waals surface area contributed by atoms with E-state index in [0.717, 1.165) is 24.6 Å². The fraction of sp³-hybridized carbons (Fsp3) is 0.700. The van der Waals surface area contributed by atoms with Crippen molar-refractivity contribution < 1.29 is 19.5 Å². The van der Waals surface area contributed by atoms with E-state index in [2.05, 4.69) is 10.6 Å². The lowest BCUT2D eigenvalue weighted by atomic mass is 10.4. The summed E-state index contributed by atoms with van der Waals surface area (Å²) in [5, 5.41) is 13.7. The van der Waals surface area contributed by atoms with Crippen LogP contribution in [0.1, 0.15) is 12.8 Å². The molecule has 0 atom stereocenters. The lowest BCUT2D eigenvalue weighted by Crippen LogP contribution is -2.36. The monoisotopic (exact) mass is 260 g/mol. The molecular weight excluding hydrogens is 244 g/mol. The molecular formula is C10H16N2O4S. The van der Waals surface area contributed by atoms with Crippen LogP contribution in [0, 0.1) is 5.92 Å². The number of carboxylic acid groups (broad SMARTS) is 1. The molecule has 6 nitrogen and oxygen atoms in total. The summed E-state index contributed by atoms with van der Waals surface area (Å²) in [5.74, 6) is -0.859. The van der Waals surface area contributed by atoms with Crippen molar-refractivity contribution >= 4 is 29.5 Å². The lowest BCUT2D eigenvalue weighted by molar-refractivity contribution is -0.134. The highest BCUT2D eigenvalue weighted by Gasteiger charge is 2.28. The van der Waals surface area contributed by atoms with Gasteiger partial charge >= 0.3 is 5.97 Å². The van der Waals surface area contributed by atoms with Crippen LogP contribution in [0.25, 0.3) is 0 Å². The van der Waals surface area contributed by atoms with Crippen molar-refractivity contribution in [3.8, 4) is 0 Å². The Labute approximate surface area is 104 Å². The maximum absolute atomic E-state index is 11.2. The molecule has 3 N–H and O–H groups in total. The summed E-state index contributed by atoms with van der Waals surface area (Å²) in [4.78, 5) is 32.6. The first-order valence-electron chi connectivity index (χ1n) is 5.43. The third kappa shape index (κ3) is 6.83. The number of carbonyl (C=O) groups excluding carboxylic acids is 2. The van der Waals surface area contributed by atoms with Crippen LogP contribution < -0.4 is 10.6 Å². The maximum atomic E-state index is 11.2. The first kappa shape index (κ1) is 13.8. The van der Waals surface area contributed by atoms with E-state index in [-0.39, 0.29) is 29.2 Å². The topological polar surface area (TPSA) is 95.5 Å². The molecule has 0 radical (unpaired) electrons. The van der Waals surface area contributed by atoms with Gasteiger partial charge in [0.1, 0.15) is 0 Å². The van der Waals surface area contributed by atoms with E-state index < -0.39 is 5.97 Å². The third-order valence-electron chi connectivity index (χ3n) is 2.15. The van der Waals surface area contributed by atoms with Crippen molar-refractivity contribution in [2.45, 2.75) is 12.8 Å². The number of hydrogen-bond donors (Lipinski definition) is 3. The molecule has 1 fully saturated rings. The summed E-state index contributed by atoms with van der Waals surface area (Å²) in [6.07, 6.45) is 1.92. The van der Waals surface area contributed by atoms with E-state index in [4.69, 9.17) is 5.11 Å². The molecule has 0 aromatic rings. The van der Waals surface area contributed by atoms with Crippen LogP contribution in [0.4, 0.5) is 0 Å². The molecule has 2 amide bonds. The molecule has 1 aliphatic carbocycles. The van der Waals surface area contributed by atoms with E-state index >= 15 is 0 Å². The minimum Gasteiger partial charge on any atom is -0.481 e. The summed E-state index contributed by atoms with van der Waals surface area (Å²) >= 11 is 1.05. The van der Waals surface area contributed by atoms with E-state index in [0.29, 0.717) is 13.1 Å². The molecule has 0 unspecified atom stereocenters. The van der Waals surface area contributed by atoms with Gasteiger partial charge in [-0.3, -0.25) is 14.4 Å². The molecule has 1 rings (SSSR count). The minimum atomic E-state index is -0.931. The van der Waals surface area contributed by atoms with Crippen molar-refractivity contribution in [1.82, 2.24) is 10.6 Å². The van der Waals surface area contributed by atoms with Gasteiger partial charge in [-0.25, -0.2) is 0 Å². The Bertz CT molecular complexity index is 305. The first-order chi connectivity index (χ1) is 8.09. The molecule has 96 valence electrons. The number of carboxylic acids is 1. The molecule has 0 bridgehead atoms. The van der Waals surface area contributed by atoms with Crippen LogP contribution >= 0.6 is 11.8 Å². The van der Waals surface area contributed by atoms with Gasteiger partial charge < -0.3 is 15.7 Å². The standard InChI is InChI=1S/C10H16N2O4S/c13-8(5-17-6-9(14)15)11-3-4-12-10(16)7-1-2-7/h7H,1-6H2,(H,11,13)(H,12,16)(H,14,15). The molecule has 0 heterocycles. The summed E-state index contributed by atoms with van der Waals surface area (Å²) in [6.45, 7) is 0.801. The number of amides is 2. The van der Waals surface area contributed by atoms with Gasteiger partial charge in [-0.2, -0.15) is 0 Å². The van der Waals surface area contributed by atoms with Gasteiger partial charge in [0.2, 0.25) is 11.8 Å². The Morgan fingerprint density at radius 1 is 1.12 bits per heavy atom. The zero-order valence-electron chi connectivity index (χ0n) is 9.40. The average molecular weight is 260 g/mol. The van der Waals surface area contributed by atoms with Crippen LogP contribution in [-0.4, -0.2) is 47.5 Å². The zero-order chi connectivity index (χ0) is 12.7. The largest absolute Gasteiger partial charge is 0.481 e. The fourth-order valence-electron chi connectivity index (χ4n) is 1.16. The quantitative estimate of drug-likeness (QED) is 0.509. The highest BCUT2D eigenvalue weighted by Crippen LogP contribution is 2.28. The number of nitrogens with one attached hydrogen (secondary N) is 2. The van der Waals surface area contributed by atoms with Crippen molar-refractivity contribution in [3.63, 3.8) is 0 Å². The lowest BCUT2D eigenvalue weighted by Gasteiger charge is -2.06. The Morgan fingerprint density at radius 3 is 2.35 bits per heavy atom. The number of thioether (sulfide) groups is 1. The van der Waals surface area contributed by atoms with Crippen LogP contribution in [0.2, 0.25) is 0 Å². The summed E-state index contributed by atoms with van der Waals surface area (Å²) < 4.78 is 0. The second kappa shape index (κ2) is 7.16. The predicted molar refractivity (Wildman–Crippen MR) is 63.7 cm³/mol. The number of rotatable bonds is 8. The molecule has 7 heteroatoms. The first-order valence-corrected chi connectivity index (χ1v) is 6.59. The fourth-order valence-corrected chi connectivity index (χ4v) is 1.72. The Balaban J connectivity index is 1.92. The third-order valence-corrected chi connectivity index (χ3v) is 3.07. The van der Waals surface area contributed by atoms with Gasteiger partial charge in [0.25, 0.3) is 0 Å². The summed E-state index contributed by atoms with van der Waals surface area (Å²) in [6, 6.07) is 0. The van der Waals surface area contributed by atoms with Gasteiger partial charge in [0.15, 0.2) is 0 Å². The van der Waals surface area contributed by atoms with Crippen LogP contribution in [0.5, 0.6) is 0 Å². The molecule has 0 aliphatic heterocycles. The minimum absolute atomic E-state index is 0.0551. The second-order valence-electron chi connectivity index (χ2n) is 3.80. The van der Waals surface area contributed by atoms with E-state index in [1.54, 1.807) is 0 Å². The van der Waals surface area contributed by atoms with Gasteiger partial charge in [-0.1, -0.05) is 0 Å². The molecule has 17 heavy (non-hydrogen) atoms. The van der Waals surface area contributed by atoms with Crippen molar-refractivity contribution in [2.24, 2.45) is 5.92 Å². The van der Waals surface area contributed by atoms with Gasteiger partial charge in [0, 0.05) is 19.0 Å². The van der Waals surface area contributed by atoms with Gasteiger partial charge in [-0.05, 0) is 12.8 Å². The SMILES string of the molecule is O=C(O)CSCC(=O)NCCNC(=O)C1CC1. The normalized spacial score (nSPS) is 14.1. The highest BCUT2D eigenvalue weighted by molar-refractivity contribution is 8.00. The van der Waals surface area contributed by atoms with E-state index in [9.17, 15) is 14.4 Å². The number of aliphatic carboxylic acids is 1. The molecule has 0 aromatic heterocycles. The van der Waals surface area contributed by atoms with Crippen molar-refractivity contribution in [2.75, 3.05) is 24.6 Å². The molecule has 0 aromatic carbocycles. The zero-order valence-corrected chi connectivity index (χ0v) is 10.2. The number of carbonyl (C=O) groups is 3. The molecule has 1 saturated carbocycles. The van der Waals surface area contributed by atoms with Crippen LogP contribution in [0.15, 0.2) is 0 Å². The van der Waals surface area contributed by atoms with Gasteiger partial charge in [0.05, 0.1) is 11.5 Å². The molecule has 0 spiro atoms. The predicted octanol–water partition coefficient (Wildman–Crippen LogP) is -0.553. The van der Waals surface area contributed by atoms with E-state index in [1.165, 1.54) is 0 Å². The summed E-state index contributed by atoms with van der Waals surface area (Å²) in [5.41, 5.74) is 0. The van der Waals surface area contributed by atoms with Gasteiger partial charge in [-0.15, -0.1) is 11.8 Å². The highest BCUT2D eigenvalue weighted by atomic mass is 32.2. The smallest absolute Gasteiger partial charge is 0.313 e. The van der Waals surface area contributed by atoms with E-state index in [1.807, 2.05) is 0 Å². The number of hydrogen-bond acceptors (Lipinski definition) is 4. The average Bonchev–Trinajstić information content (AvgIpc) is 3.07. The second-order valence-corrected chi connectivity index (χ2v) is 4.79. The maximum Gasteiger partial charge on any atom is 0.313 e. The molecule has 1 aliphatic rings. The Kier molecular flexibility index (Phi) is 5.82. The van der Waals surface area contributed by atoms with Crippen molar-refractivity contribution in [1.29, 1.82) is 0 Å². The summed E-state index contributed by atoms with van der Waals surface area (Å²) in [7, 11) is 0. The van der Waals surface area contributed by atoms with Crippen LogP contribution in [0.3, 0.4) is 0 Å². The Morgan fingerprint density at radius 2 is 1.76 bits per heavy atom. The van der Waals surface area contributed by atoms with Crippen molar-refractivity contribution in [3.05, 3.63) is 0 Å². The molecule has 0 saturated heterocycles.